The number of hydrogen-bond acceptors (Lipinski definition) is 4. The van der Waals surface area contributed by atoms with Crippen LogP contribution in [-0.2, 0) is 6.54 Å². The molecule has 2 aromatic rings. The van der Waals surface area contributed by atoms with Crippen LogP contribution in [-0.4, -0.2) is 26.7 Å². The van der Waals surface area contributed by atoms with Gasteiger partial charge >= 0.3 is 6.61 Å². The molecule has 25 heavy (non-hydrogen) atoms. The lowest BCUT2D eigenvalue weighted by Gasteiger charge is -2.13. The molecule has 0 heterocycles. The first kappa shape index (κ1) is 18.8. The summed E-state index contributed by atoms with van der Waals surface area (Å²) < 4.78 is 39.5. The fourth-order valence-electron chi connectivity index (χ4n) is 2.19. The maximum Gasteiger partial charge on any atom is 0.387 e. The Labute approximate surface area is 148 Å². The first-order chi connectivity index (χ1) is 12.0. The van der Waals surface area contributed by atoms with Crippen LogP contribution in [0, 0.1) is 0 Å². The van der Waals surface area contributed by atoms with Crippen molar-refractivity contribution in [2.75, 3.05) is 14.2 Å². The van der Waals surface area contributed by atoms with Crippen molar-refractivity contribution in [3.8, 4) is 17.2 Å². The Morgan fingerprint density at radius 1 is 1.16 bits per heavy atom. The molecular weight excluding hydrogens is 356 g/mol. The molecule has 5 nitrogen and oxygen atoms in total. The summed E-state index contributed by atoms with van der Waals surface area (Å²) in [5.41, 5.74) is 0.664. The van der Waals surface area contributed by atoms with E-state index in [4.69, 9.17) is 21.1 Å². The van der Waals surface area contributed by atoms with Crippen LogP contribution in [0.1, 0.15) is 15.9 Å². The van der Waals surface area contributed by atoms with Crippen molar-refractivity contribution in [1.29, 1.82) is 0 Å². The molecule has 0 aliphatic carbocycles. The van der Waals surface area contributed by atoms with Crippen LogP contribution in [0.4, 0.5) is 8.78 Å². The Morgan fingerprint density at radius 2 is 1.88 bits per heavy atom. The largest absolute Gasteiger partial charge is 0.493 e. The van der Waals surface area contributed by atoms with E-state index in [0.29, 0.717) is 17.1 Å². The van der Waals surface area contributed by atoms with Crippen molar-refractivity contribution in [2.45, 2.75) is 13.2 Å². The van der Waals surface area contributed by atoms with Gasteiger partial charge in [-0.15, -0.1) is 0 Å². The number of ether oxygens (including phenoxy) is 3. The zero-order valence-electron chi connectivity index (χ0n) is 13.5. The lowest BCUT2D eigenvalue weighted by molar-refractivity contribution is -0.0504. The highest BCUT2D eigenvalue weighted by Crippen LogP contribution is 2.36. The van der Waals surface area contributed by atoms with Gasteiger partial charge in [0.25, 0.3) is 5.91 Å². The van der Waals surface area contributed by atoms with E-state index in [-0.39, 0.29) is 22.9 Å². The van der Waals surface area contributed by atoms with E-state index in [1.807, 2.05) is 0 Å². The van der Waals surface area contributed by atoms with Crippen LogP contribution in [0.3, 0.4) is 0 Å². The molecular formula is C17H16ClF2NO4. The van der Waals surface area contributed by atoms with Crippen LogP contribution < -0.4 is 19.5 Å². The van der Waals surface area contributed by atoms with E-state index < -0.39 is 12.5 Å². The van der Waals surface area contributed by atoms with E-state index in [1.165, 1.54) is 32.4 Å². The summed E-state index contributed by atoms with van der Waals surface area (Å²) in [6, 6.07) is 9.12. The smallest absolute Gasteiger partial charge is 0.387 e. The average Bonchev–Trinajstić information content (AvgIpc) is 2.59. The van der Waals surface area contributed by atoms with Crippen molar-refractivity contribution < 1.29 is 27.8 Å². The third-order valence-corrected chi connectivity index (χ3v) is 3.60. The van der Waals surface area contributed by atoms with Crippen molar-refractivity contribution in [1.82, 2.24) is 5.32 Å². The number of methoxy groups -OCH3 is 2. The minimum absolute atomic E-state index is 0.00291. The highest BCUT2D eigenvalue weighted by atomic mass is 35.5. The topological polar surface area (TPSA) is 56.8 Å². The molecule has 0 radical (unpaired) electrons. The van der Waals surface area contributed by atoms with Gasteiger partial charge in [0.1, 0.15) is 5.75 Å². The fourth-order valence-corrected chi connectivity index (χ4v) is 2.48. The maximum atomic E-state index is 12.4. The Morgan fingerprint density at radius 3 is 2.52 bits per heavy atom. The Hall–Kier alpha value is -2.54. The van der Waals surface area contributed by atoms with Crippen LogP contribution in [0.5, 0.6) is 17.2 Å². The third kappa shape index (κ3) is 4.73. The normalized spacial score (nSPS) is 10.5. The number of carbonyl (C=O) groups is 1. The first-order valence-corrected chi connectivity index (χ1v) is 7.56. The third-order valence-electron chi connectivity index (χ3n) is 3.32. The maximum absolute atomic E-state index is 12.4. The molecule has 0 saturated carbocycles. The SMILES string of the molecule is COc1cc(C(=O)NCc2ccccc2OC(F)F)cc(Cl)c1OC. The molecule has 0 aliphatic heterocycles. The van der Waals surface area contributed by atoms with Crippen molar-refractivity contribution in [3.05, 3.63) is 52.5 Å². The van der Waals surface area contributed by atoms with Gasteiger partial charge < -0.3 is 19.5 Å². The van der Waals surface area contributed by atoms with Gasteiger partial charge in [0.2, 0.25) is 0 Å². The minimum Gasteiger partial charge on any atom is -0.493 e. The first-order valence-electron chi connectivity index (χ1n) is 7.18. The van der Waals surface area contributed by atoms with E-state index in [9.17, 15) is 13.6 Å². The standard InChI is InChI=1S/C17H16ClF2NO4/c1-23-14-8-11(7-12(18)15(14)24-2)16(22)21-9-10-5-3-4-6-13(10)25-17(19)20/h3-8,17H,9H2,1-2H3,(H,21,22). The zero-order valence-corrected chi connectivity index (χ0v) is 14.3. The van der Waals surface area contributed by atoms with E-state index >= 15 is 0 Å². The highest BCUT2D eigenvalue weighted by Gasteiger charge is 2.16. The zero-order chi connectivity index (χ0) is 18.4. The number of halogens is 3. The van der Waals surface area contributed by atoms with Gasteiger partial charge in [-0.3, -0.25) is 4.79 Å². The summed E-state index contributed by atoms with van der Waals surface area (Å²) in [7, 11) is 2.86. The van der Waals surface area contributed by atoms with Gasteiger partial charge in [0.15, 0.2) is 11.5 Å². The lowest BCUT2D eigenvalue weighted by atomic mass is 10.1. The predicted molar refractivity (Wildman–Crippen MR) is 88.8 cm³/mol. The average molecular weight is 372 g/mol. The molecule has 0 fully saturated rings. The van der Waals surface area contributed by atoms with E-state index in [0.717, 1.165) is 0 Å². The van der Waals surface area contributed by atoms with Crippen LogP contribution in [0.2, 0.25) is 5.02 Å². The molecule has 2 rings (SSSR count). The monoisotopic (exact) mass is 371 g/mol. The Bertz CT molecular complexity index is 755. The summed E-state index contributed by atoms with van der Waals surface area (Å²) in [5, 5.41) is 2.84. The number of rotatable bonds is 7. The number of alkyl halides is 2. The van der Waals surface area contributed by atoms with Gasteiger partial charge in [-0.25, -0.2) is 0 Å². The second-order valence-corrected chi connectivity index (χ2v) is 5.27. The molecule has 0 saturated heterocycles. The molecule has 0 atom stereocenters. The summed E-state index contributed by atoms with van der Waals surface area (Å²) in [5.74, 6) is 0.177. The van der Waals surface area contributed by atoms with Gasteiger partial charge in [0, 0.05) is 17.7 Å². The number of hydrogen-bond donors (Lipinski definition) is 1. The van der Waals surface area contributed by atoms with Gasteiger partial charge in [-0.1, -0.05) is 29.8 Å². The number of nitrogens with one attached hydrogen (secondary N) is 1. The van der Waals surface area contributed by atoms with Crippen LogP contribution in [0.25, 0.3) is 0 Å². The second-order valence-electron chi connectivity index (χ2n) is 4.86. The highest BCUT2D eigenvalue weighted by molar-refractivity contribution is 6.32. The van der Waals surface area contributed by atoms with Gasteiger partial charge in [-0.2, -0.15) is 8.78 Å². The molecule has 0 aromatic heterocycles. The Kier molecular flexibility index (Phi) is 6.41. The lowest BCUT2D eigenvalue weighted by Crippen LogP contribution is -2.23. The number of carbonyl (C=O) groups excluding carboxylic acids is 1. The molecule has 0 bridgehead atoms. The summed E-state index contributed by atoms with van der Waals surface area (Å²) in [6.07, 6.45) is 0. The molecule has 0 spiro atoms. The molecule has 0 unspecified atom stereocenters. The summed E-state index contributed by atoms with van der Waals surface area (Å²) in [6.45, 7) is -2.94. The van der Waals surface area contributed by atoms with E-state index in [2.05, 4.69) is 10.1 Å². The minimum atomic E-state index is -2.94. The number of para-hydroxylation sites is 1. The van der Waals surface area contributed by atoms with Crippen LogP contribution in [0.15, 0.2) is 36.4 Å². The second kappa shape index (κ2) is 8.53. The molecule has 0 aliphatic rings. The summed E-state index contributed by atoms with van der Waals surface area (Å²) >= 11 is 6.07. The molecule has 1 N–H and O–H groups in total. The molecule has 2 aromatic carbocycles. The molecule has 8 heteroatoms. The quantitative estimate of drug-likeness (QED) is 0.802. The Balaban J connectivity index is 2.15. The van der Waals surface area contributed by atoms with Crippen molar-refractivity contribution in [2.24, 2.45) is 0 Å². The van der Waals surface area contributed by atoms with Crippen LogP contribution >= 0.6 is 11.6 Å². The number of benzene rings is 2. The predicted octanol–water partition coefficient (Wildman–Crippen LogP) is 3.89. The van der Waals surface area contributed by atoms with Gasteiger partial charge in [-0.05, 0) is 18.2 Å². The molecule has 1 amide bonds. The van der Waals surface area contributed by atoms with Gasteiger partial charge in [0.05, 0.1) is 19.2 Å². The van der Waals surface area contributed by atoms with Crippen molar-refractivity contribution in [3.63, 3.8) is 0 Å². The summed E-state index contributed by atoms with van der Waals surface area (Å²) in [4.78, 5) is 12.3. The fraction of sp³-hybridized carbons (Fsp3) is 0.235. The van der Waals surface area contributed by atoms with E-state index in [1.54, 1.807) is 18.2 Å². The number of amides is 1. The molecule has 134 valence electrons. The van der Waals surface area contributed by atoms with Crippen molar-refractivity contribution >= 4 is 17.5 Å².